The van der Waals surface area contributed by atoms with Crippen LogP contribution in [0.1, 0.15) is 11.1 Å². The second kappa shape index (κ2) is 4.94. The predicted octanol–water partition coefficient (Wildman–Crippen LogP) is 2.96. The van der Waals surface area contributed by atoms with Crippen LogP contribution in [0.15, 0.2) is 53.3 Å². The lowest BCUT2D eigenvalue weighted by molar-refractivity contribution is 1.07. The average Bonchev–Trinajstić information content (AvgIpc) is 2.47. The van der Waals surface area contributed by atoms with E-state index in [2.05, 4.69) is 17.1 Å². The molecule has 2 aromatic carbocycles. The van der Waals surface area contributed by atoms with Crippen molar-refractivity contribution >= 4 is 10.9 Å². The number of fused-ring (bicyclic) bond motifs is 1. The Balaban J connectivity index is 2.25. The first-order chi connectivity index (χ1) is 9.69. The van der Waals surface area contributed by atoms with Crippen LogP contribution >= 0.6 is 0 Å². The number of aryl methyl sites for hydroxylation is 1. The molecule has 0 spiro atoms. The number of hydrogen-bond acceptors (Lipinski definition) is 2. The number of nitrogens with two attached hydrogens (primary N) is 1. The molecular formula is C17H16N2O. The number of H-pyrrole nitrogens is 1. The zero-order chi connectivity index (χ0) is 14.1. The second-order valence-electron chi connectivity index (χ2n) is 4.94. The Kier molecular flexibility index (Phi) is 3.12. The quantitative estimate of drug-likeness (QED) is 0.747. The Labute approximate surface area is 117 Å². The highest BCUT2D eigenvalue weighted by molar-refractivity contribution is 5.87. The lowest BCUT2D eigenvalue weighted by atomic mass is 9.97. The van der Waals surface area contributed by atoms with Gasteiger partial charge in [-0.3, -0.25) is 4.79 Å². The van der Waals surface area contributed by atoms with E-state index in [1.54, 1.807) is 6.07 Å². The van der Waals surface area contributed by atoms with Crippen molar-refractivity contribution in [3.8, 4) is 11.1 Å². The van der Waals surface area contributed by atoms with E-state index in [0.29, 0.717) is 6.54 Å². The summed E-state index contributed by atoms with van der Waals surface area (Å²) in [5, 5.41) is 1.06. The largest absolute Gasteiger partial charge is 0.326 e. The van der Waals surface area contributed by atoms with E-state index in [-0.39, 0.29) is 5.56 Å². The zero-order valence-electron chi connectivity index (χ0n) is 11.3. The smallest absolute Gasteiger partial charge is 0.248 e. The van der Waals surface area contributed by atoms with Crippen LogP contribution in [0, 0.1) is 6.92 Å². The molecule has 3 aromatic rings. The van der Waals surface area contributed by atoms with Gasteiger partial charge < -0.3 is 10.7 Å². The summed E-state index contributed by atoms with van der Waals surface area (Å²) < 4.78 is 0. The minimum absolute atomic E-state index is 0.0647. The molecule has 0 aliphatic rings. The van der Waals surface area contributed by atoms with Crippen molar-refractivity contribution < 1.29 is 0 Å². The van der Waals surface area contributed by atoms with Crippen LogP contribution in [0.2, 0.25) is 0 Å². The molecule has 0 atom stereocenters. The van der Waals surface area contributed by atoms with Crippen LogP contribution in [-0.2, 0) is 6.54 Å². The maximum Gasteiger partial charge on any atom is 0.248 e. The van der Waals surface area contributed by atoms with E-state index in [9.17, 15) is 4.79 Å². The summed E-state index contributed by atoms with van der Waals surface area (Å²) in [6.07, 6.45) is 0. The van der Waals surface area contributed by atoms with Gasteiger partial charge in [0.15, 0.2) is 0 Å². The number of aromatic amines is 1. The van der Waals surface area contributed by atoms with E-state index in [1.165, 1.54) is 0 Å². The Morgan fingerprint density at radius 1 is 1.10 bits per heavy atom. The topological polar surface area (TPSA) is 58.9 Å². The first-order valence-electron chi connectivity index (χ1n) is 6.61. The lowest BCUT2D eigenvalue weighted by Gasteiger charge is -2.10. The van der Waals surface area contributed by atoms with Crippen LogP contribution in [0.5, 0.6) is 0 Å². The summed E-state index contributed by atoms with van der Waals surface area (Å²) in [6.45, 7) is 2.47. The fourth-order valence-electron chi connectivity index (χ4n) is 2.57. The van der Waals surface area contributed by atoms with Crippen LogP contribution in [0.25, 0.3) is 22.0 Å². The number of benzene rings is 2. The number of nitrogens with one attached hydrogen (secondary N) is 1. The van der Waals surface area contributed by atoms with E-state index in [0.717, 1.165) is 33.2 Å². The number of hydrogen-bond donors (Lipinski definition) is 2. The number of pyridine rings is 1. The summed E-state index contributed by atoms with van der Waals surface area (Å²) in [7, 11) is 0. The summed E-state index contributed by atoms with van der Waals surface area (Å²) >= 11 is 0. The van der Waals surface area contributed by atoms with Crippen molar-refractivity contribution in [2.45, 2.75) is 13.5 Å². The Morgan fingerprint density at radius 3 is 2.70 bits per heavy atom. The van der Waals surface area contributed by atoms with E-state index < -0.39 is 0 Å². The normalized spacial score (nSPS) is 10.9. The van der Waals surface area contributed by atoms with Crippen molar-refractivity contribution in [1.82, 2.24) is 4.98 Å². The van der Waals surface area contributed by atoms with Crippen molar-refractivity contribution in [2.24, 2.45) is 5.73 Å². The Hall–Kier alpha value is -2.39. The summed E-state index contributed by atoms with van der Waals surface area (Å²) in [6, 6.07) is 15.8. The molecule has 3 nitrogen and oxygen atoms in total. The molecule has 0 fully saturated rings. The molecule has 3 heteroatoms. The molecule has 0 amide bonds. The fourth-order valence-corrected chi connectivity index (χ4v) is 2.57. The van der Waals surface area contributed by atoms with Gasteiger partial charge in [-0.2, -0.15) is 0 Å². The maximum absolute atomic E-state index is 11.5. The molecular weight excluding hydrogens is 248 g/mol. The second-order valence-corrected chi connectivity index (χ2v) is 4.94. The monoisotopic (exact) mass is 264 g/mol. The average molecular weight is 264 g/mol. The van der Waals surface area contributed by atoms with Crippen LogP contribution in [0.3, 0.4) is 0 Å². The molecule has 0 aliphatic heterocycles. The standard InChI is InChI=1S/C17H16N2O/c1-11-8-17(20)19-16-7-6-12(9-15(11)16)14-5-3-2-4-13(14)10-18/h2-9H,10,18H2,1H3,(H,19,20). The molecule has 3 rings (SSSR count). The molecule has 0 saturated carbocycles. The highest BCUT2D eigenvalue weighted by Crippen LogP contribution is 2.27. The van der Waals surface area contributed by atoms with Crippen LogP contribution < -0.4 is 11.3 Å². The van der Waals surface area contributed by atoms with Gasteiger partial charge in [0.2, 0.25) is 5.56 Å². The third kappa shape index (κ3) is 2.12. The lowest BCUT2D eigenvalue weighted by Crippen LogP contribution is -2.05. The van der Waals surface area contributed by atoms with Gasteiger partial charge in [0, 0.05) is 23.5 Å². The van der Waals surface area contributed by atoms with Gasteiger partial charge in [0.25, 0.3) is 0 Å². The van der Waals surface area contributed by atoms with Gasteiger partial charge >= 0.3 is 0 Å². The minimum atomic E-state index is -0.0647. The van der Waals surface area contributed by atoms with Gasteiger partial charge in [-0.15, -0.1) is 0 Å². The van der Waals surface area contributed by atoms with Gasteiger partial charge in [-0.25, -0.2) is 0 Å². The molecule has 100 valence electrons. The highest BCUT2D eigenvalue weighted by Gasteiger charge is 2.06. The predicted molar refractivity (Wildman–Crippen MR) is 82.6 cm³/mol. The van der Waals surface area contributed by atoms with E-state index in [4.69, 9.17) is 5.73 Å². The molecule has 3 N–H and O–H groups in total. The summed E-state index contributed by atoms with van der Waals surface area (Å²) in [5.41, 5.74) is 11.0. The SMILES string of the molecule is Cc1cc(=O)[nH]c2ccc(-c3ccccc3CN)cc12. The van der Waals surface area contributed by atoms with E-state index >= 15 is 0 Å². The third-order valence-corrected chi connectivity index (χ3v) is 3.60. The first kappa shape index (κ1) is 12.6. The molecule has 0 saturated heterocycles. The van der Waals surface area contributed by atoms with Crippen molar-refractivity contribution in [3.63, 3.8) is 0 Å². The van der Waals surface area contributed by atoms with E-state index in [1.807, 2.05) is 37.3 Å². The molecule has 20 heavy (non-hydrogen) atoms. The third-order valence-electron chi connectivity index (χ3n) is 3.60. The fraction of sp³-hybridized carbons (Fsp3) is 0.118. The van der Waals surface area contributed by atoms with Crippen LogP contribution in [0.4, 0.5) is 0 Å². The maximum atomic E-state index is 11.5. The van der Waals surface area contributed by atoms with Gasteiger partial charge in [-0.1, -0.05) is 30.3 Å². The molecule has 1 aromatic heterocycles. The highest BCUT2D eigenvalue weighted by atomic mass is 16.1. The summed E-state index contributed by atoms with van der Waals surface area (Å²) in [5.74, 6) is 0. The Morgan fingerprint density at radius 2 is 1.90 bits per heavy atom. The van der Waals surface area contributed by atoms with Gasteiger partial charge in [0.05, 0.1) is 0 Å². The Bertz CT molecular complexity index is 834. The van der Waals surface area contributed by atoms with Crippen molar-refractivity contribution in [2.75, 3.05) is 0 Å². The number of aromatic nitrogens is 1. The van der Waals surface area contributed by atoms with Crippen molar-refractivity contribution in [1.29, 1.82) is 0 Å². The molecule has 0 unspecified atom stereocenters. The van der Waals surface area contributed by atoms with Gasteiger partial charge in [-0.05, 0) is 41.3 Å². The van der Waals surface area contributed by atoms with Crippen molar-refractivity contribution in [3.05, 3.63) is 70.0 Å². The first-order valence-corrected chi connectivity index (χ1v) is 6.61. The van der Waals surface area contributed by atoms with Crippen LogP contribution in [-0.4, -0.2) is 4.98 Å². The number of rotatable bonds is 2. The molecule has 0 aliphatic carbocycles. The zero-order valence-corrected chi connectivity index (χ0v) is 11.3. The minimum Gasteiger partial charge on any atom is -0.326 e. The molecule has 0 bridgehead atoms. The molecule has 0 radical (unpaired) electrons. The molecule has 1 heterocycles. The summed E-state index contributed by atoms with van der Waals surface area (Å²) in [4.78, 5) is 14.3. The van der Waals surface area contributed by atoms with Gasteiger partial charge in [0.1, 0.15) is 0 Å².